The third-order valence-corrected chi connectivity index (χ3v) is 3.35. The molecule has 0 bridgehead atoms. The van der Waals surface area contributed by atoms with Crippen LogP contribution in [0.3, 0.4) is 0 Å². The zero-order chi connectivity index (χ0) is 15.5. The summed E-state index contributed by atoms with van der Waals surface area (Å²) in [6, 6.07) is 14.7. The summed E-state index contributed by atoms with van der Waals surface area (Å²) in [5, 5.41) is 5.66. The molecule has 0 spiro atoms. The van der Waals surface area contributed by atoms with Gasteiger partial charge in [0.2, 0.25) is 0 Å². The summed E-state index contributed by atoms with van der Waals surface area (Å²) in [4.78, 5) is 5.53. The van der Waals surface area contributed by atoms with E-state index in [2.05, 4.69) is 25.9 Å². The average molecular weight is 322 g/mol. The van der Waals surface area contributed by atoms with Crippen LogP contribution < -0.4 is 4.84 Å². The molecule has 0 saturated carbocycles. The number of hydrogen-bond acceptors (Lipinski definition) is 2. The molecular formula is C17H17Cl2NO. The van der Waals surface area contributed by atoms with Crippen molar-refractivity contribution in [3.05, 3.63) is 64.1 Å². The highest BCUT2D eigenvalue weighted by atomic mass is 35.5. The van der Waals surface area contributed by atoms with Gasteiger partial charge in [-0.15, -0.1) is 0 Å². The van der Waals surface area contributed by atoms with Gasteiger partial charge >= 0.3 is 0 Å². The molecule has 0 aliphatic rings. The van der Waals surface area contributed by atoms with Crippen molar-refractivity contribution < 1.29 is 4.84 Å². The Kier molecular flexibility index (Phi) is 4.92. The monoisotopic (exact) mass is 321 g/mol. The molecule has 2 nitrogen and oxygen atoms in total. The summed E-state index contributed by atoms with van der Waals surface area (Å²) in [6.07, 6.45) is 0. The van der Waals surface area contributed by atoms with E-state index >= 15 is 0 Å². The minimum atomic E-state index is -0.170. The molecule has 0 radical (unpaired) electrons. The predicted octanol–water partition coefficient (Wildman–Crippen LogP) is 5.82. The first-order valence-electron chi connectivity index (χ1n) is 6.63. The largest absolute Gasteiger partial charge is 0.357 e. The van der Waals surface area contributed by atoms with Crippen LogP contribution in [0.25, 0.3) is 0 Å². The van der Waals surface area contributed by atoms with Gasteiger partial charge in [-0.25, -0.2) is 0 Å². The number of nitrogens with zero attached hydrogens (tertiary/aromatic N) is 1. The van der Waals surface area contributed by atoms with Crippen LogP contribution in [0.1, 0.15) is 26.3 Å². The summed E-state index contributed by atoms with van der Waals surface area (Å²) in [5.41, 5.74) is 1.61. The Hall–Kier alpha value is -1.51. The maximum atomic E-state index is 6.06. The summed E-state index contributed by atoms with van der Waals surface area (Å²) in [5.74, 6) is 0.642. The highest BCUT2D eigenvalue weighted by Crippen LogP contribution is 2.25. The lowest BCUT2D eigenvalue weighted by atomic mass is 9.86. The Balaban J connectivity index is 2.32. The van der Waals surface area contributed by atoms with Crippen molar-refractivity contribution in [2.24, 2.45) is 10.6 Å². The van der Waals surface area contributed by atoms with Crippen molar-refractivity contribution in [3.8, 4) is 5.75 Å². The van der Waals surface area contributed by atoms with Gasteiger partial charge in [0.05, 0.1) is 5.71 Å². The van der Waals surface area contributed by atoms with Gasteiger partial charge in [0.25, 0.3) is 0 Å². The van der Waals surface area contributed by atoms with Gasteiger partial charge in [0.15, 0.2) is 5.75 Å². The van der Waals surface area contributed by atoms with Gasteiger partial charge in [-0.3, -0.25) is 0 Å². The summed E-state index contributed by atoms with van der Waals surface area (Å²) < 4.78 is 0. The van der Waals surface area contributed by atoms with Crippen LogP contribution in [-0.4, -0.2) is 5.71 Å². The van der Waals surface area contributed by atoms with Crippen LogP contribution in [0, 0.1) is 5.41 Å². The molecule has 4 heteroatoms. The first-order valence-corrected chi connectivity index (χ1v) is 7.39. The molecule has 2 aromatic carbocycles. The Morgan fingerprint density at radius 2 is 1.62 bits per heavy atom. The topological polar surface area (TPSA) is 21.6 Å². The quantitative estimate of drug-likeness (QED) is 0.515. The Morgan fingerprint density at radius 1 is 0.952 bits per heavy atom. The fourth-order valence-corrected chi connectivity index (χ4v) is 2.17. The van der Waals surface area contributed by atoms with Gasteiger partial charge in [-0.1, -0.05) is 61.3 Å². The van der Waals surface area contributed by atoms with Crippen LogP contribution in [-0.2, 0) is 0 Å². The zero-order valence-corrected chi connectivity index (χ0v) is 13.7. The average Bonchev–Trinajstić information content (AvgIpc) is 2.40. The Morgan fingerprint density at radius 3 is 2.19 bits per heavy atom. The number of benzene rings is 2. The summed E-state index contributed by atoms with van der Waals surface area (Å²) in [7, 11) is 0. The van der Waals surface area contributed by atoms with E-state index in [4.69, 9.17) is 28.0 Å². The van der Waals surface area contributed by atoms with Gasteiger partial charge in [-0.2, -0.15) is 0 Å². The number of oxime groups is 1. The van der Waals surface area contributed by atoms with E-state index in [-0.39, 0.29) is 5.41 Å². The molecule has 0 aromatic heterocycles. The predicted molar refractivity (Wildman–Crippen MR) is 89.5 cm³/mol. The van der Waals surface area contributed by atoms with E-state index in [0.717, 1.165) is 11.3 Å². The Bertz CT molecular complexity index is 643. The molecule has 2 aromatic rings. The van der Waals surface area contributed by atoms with Gasteiger partial charge < -0.3 is 4.84 Å². The molecule has 0 amide bonds. The molecule has 0 saturated heterocycles. The highest BCUT2D eigenvalue weighted by Gasteiger charge is 2.22. The van der Waals surface area contributed by atoms with Crippen LogP contribution in [0.5, 0.6) is 5.75 Å². The van der Waals surface area contributed by atoms with E-state index in [0.29, 0.717) is 15.8 Å². The third kappa shape index (κ3) is 4.48. The maximum absolute atomic E-state index is 6.06. The minimum absolute atomic E-state index is 0.170. The lowest BCUT2D eigenvalue weighted by Crippen LogP contribution is -2.22. The van der Waals surface area contributed by atoms with Crippen LogP contribution in [0.2, 0.25) is 10.0 Å². The number of halogens is 2. The molecule has 110 valence electrons. The van der Waals surface area contributed by atoms with Crippen molar-refractivity contribution in [3.63, 3.8) is 0 Å². The van der Waals surface area contributed by atoms with Crippen molar-refractivity contribution >= 4 is 28.9 Å². The van der Waals surface area contributed by atoms with E-state index in [1.54, 1.807) is 24.3 Å². The first kappa shape index (κ1) is 15.9. The second-order valence-corrected chi connectivity index (χ2v) is 6.62. The lowest BCUT2D eigenvalue weighted by Gasteiger charge is -2.21. The Labute approximate surface area is 135 Å². The number of hydrogen-bond donors (Lipinski definition) is 0. The molecule has 0 fully saturated rings. The minimum Gasteiger partial charge on any atom is -0.357 e. The summed E-state index contributed by atoms with van der Waals surface area (Å²) >= 11 is 11.9. The van der Waals surface area contributed by atoms with Crippen LogP contribution >= 0.6 is 23.2 Å². The SMILES string of the molecule is CC(C)(C)C(=NOc1ccc(Cl)cc1)c1cccc(Cl)c1. The fourth-order valence-electron chi connectivity index (χ4n) is 1.85. The second-order valence-electron chi connectivity index (χ2n) is 5.75. The van der Waals surface area contributed by atoms with Gasteiger partial charge in [-0.05, 0) is 36.4 Å². The zero-order valence-electron chi connectivity index (χ0n) is 12.2. The molecule has 2 rings (SSSR count). The normalized spacial score (nSPS) is 12.3. The number of rotatable bonds is 3. The highest BCUT2D eigenvalue weighted by molar-refractivity contribution is 6.31. The van der Waals surface area contributed by atoms with Gasteiger partial charge in [0, 0.05) is 21.0 Å². The van der Waals surface area contributed by atoms with Crippen molar-refractivity contribution in [1.82, 2.24) is 0 Å². The lowest BCUT2D eigenvalue weighted by molar-refractivity contribution is 0.333. The van der Waals surface area contributed by atoms with Gasteiger partial charge in [0.1, 0.15) is 0 Å². The van der Waals surface area contributed by atoms with Crippen molar-refractivity contribution in [2.45, 2.75) is 20.8 Å². The second kappa shape index (κ2) is 6.50. The summed E-state index contributed by atoms with van der Waals surface area (Å²) in [6.45, 7) is 6.24. The van der Waals surface area contributed by atoms with E-state index in [1.165, 1.54) is 0 Å². The van der Waals surface area contributed by atoms with Crippen molar-refractivity contribution in [1.29, 1.82) is 0 Å². The van der Waals surface area contributed by atoms with E-state index in [9.17, 15) is 0 Å². The molecule has 21 heavy (non-hydrogen) atoms. The standard InChI is InChI=1S/C17H17Cl2NO/c1-17(2,3)16(12-5-4-6-14(19)11-12)20-21-15-9-7-13(18)8-10-15/h4-11H,1-3H3. The fraction of sp³-hybridized carbons (Fsp3) is 0.235. The first-order chi connectivity index (χ1) is 9.86. The molecule has 0 unspecified atom stereocenters. The molecule has 0 aliphatic heterocycles. The van der Waals surface area contributed by atoms with Crippen LogP contribution in [0.4, 0.5) is 0 Å². The molecule has 0 atom stereocenters. The molecule has 0 aliphatic carbocycles. The molecular weight excluding hydrogens is 305 g/mol. The van der Waals surface area contributed by atoms with E-state index in [1.807, 2.05) is 24.3 Å². The van der Waals surface area contributed by atoms with Crippen LogP contribution in [0.15, 0.2) is 53.7 Å². The third-order valence-electron chi connectivity index (χ3n) is 2.86. The molecule has 0 heterocycles. The van der Waals surface area contributed by atoms with E-state index < -0.39 is 0 Å². The molecule has 0 N–H and O–H groups in total. The smallest absolute Gasteiger partial charge is 0.158 e. The van der Waals surface area contributed by atoms with Crippen molar-refractivity contribution in [2.75, 3.05) is 0 Å². The maximum Gasteiger partial charge on any atom is 0.158 e.